The minimum atomic E-state index is -1.000. The Balaban J connectivity index is 2.13. The van der Waals surface area contributed by atoms with Crippen molar-refractivity contribution in [3.8, 4) is 11.1 Å². The quantitative estimate of drug-likeness (QED) is 0.492. The molecule has 0 saturated carbocycles. The SMILES string of the molecule is NC[C@H](NC(=O)c1ccc(-c2cccc(Cl)c2)cc1)C(=O)NO. The molecule has 0 aliphatic rings. The maximum Gasteiger partial charge on any atom is 0.267 e. The van der Waals surface area contributed by atoms with E-state index in [1.165, 1.54) is 5.48 Å². The second-order valence-electron chi connectivity index (χ2n) is 4.83. The third-order valence-corrected chi connectivity index (χ3v) is 3.51. The van der Waals surface area contributed by atoms with Crippen LogP contribution >= 0.6 is 11.6 Å². The summed E-state index contributed by atoms with van der Waals surface area (Å²) in [6.07, 6.45) is 0. The number of nitrogens with two attached hydrogens (primary N) is 1. The number of hydroxylamine groups is 1. The molecule has 6 nitrogen and oxygen atoms in total. The van der Waals surface area contributed by atoms with Gasteiger partial charge in [-0.3, -0.25) is 14.8 Å². The van der Waals surface area contributed by atoms with E-state index in [2.05, 4.69) is 5.32 Å². The second kappa shape index (κ2) is 7.73. The van der Waals surface area contributed by atoms with Crippen molar-refractivity contribution in [3.63, 3.8) is 0 Å². The number of benzene rings is 2. The van der Waals surface area contributed by atoms with Gasteiger partial charge in [0, 0.05) is 17.1 Å². The zero-order valence-corrected chi connectivity index (χ0v) is 12.9. The van der Waals surface area contributed by atoms with Crippen molar-refractivity contribution < 1.29 is 14.8 Å². The number of rotatable bonds is 5. The van der Waals surface area contributed by atoms with Crippen LogP contribution in [0.4, 0.5) is 0 Å². The lowest BCUT2D eigenvalue weighted by Crippen LogP contribution is -2.50. The van der Waals surface area contributed by atoms with Crippen molar-refractivity contribution in [1.82, 2.24) is 10.8 Å². The molecule has 0 bridgehead atoms. The normalized spacial score (nSPS) is 11.6. The summed E-state index contributed by atoms with van der Waals surface area (Å²) in [6.45, 7) is -0.126. The first-order valence-corrected chi connectivity index (χ1v) is 7.24. The largest absolute Gasteiger partial charge is 0.339 e. The predicted molar refractivity (Wildman–Crippen MR) is 87.1 cm³/mol. The molecule has 2 aromatic carbocycles. The van der Waals surface area contributed by atoms with E-state index in [0.717, 1.165) is 11.1 Å². The van der Waals surface area contributed by atoms with Gasteiger partial charge in [0.25, 0.3) is 11.8 Å². The lowest BCUT2D eigenvalue weighted by molar-refractivity contribution is -0.130. The lowest BCUT2D eigenvalue weighted by atomic mass is 10.0. The summed E-state index contributed by atoms with van der Waals surface area (Å²) in [4.78, 5) is 23.4. The van der Waals surface area contributed by atoms with E-state index in [0.29, 0.717) is 10.6 Å². The first-order valence-electron chi connectivity index (χ1n) is 6.86. The van der Waals surface area contributed by atoms with Crippen LogP contribution in [0.25, 0.3) is 11.1 Å². The highest BCUT2D eigenvalue weighted by atomic mass is 35.5. The van der Waals surface area contributed by atoms with Crippen molar-refractivity contribution in [1.29, 1.82) is 0 Å². The standard InChI is InChI=1S/C16H16ClN3O3/c17-13-3-1-2-12(8-13)10-4-6-11(7-5-10)15(21)19-14(9-18)16(22)20-23/h1-8,14,23H,9,18H2,(H,19,21)(H,20,22)/t14-/m0/s1. The van der Waals surface area contributed by atoms with Crippen LogP contribution in [0.1, 0.15) is 10.4 Å². The summed E-state index contributed by atoms with van der Waals surface area (Å²) < 4.78 is 0. The molecule has 0 aliphatic heterocycles. The highest BCUT2D eigenvalue weighted by molar-refractivity contribution is 6.30. The van der Waals surface area contributed by atoms with Crippen LogP contribution in [-0.2, 0) is 4.79 Å². The molecule has 0 saturated heterocycles. The van der Waals surface area contributed by atoms with Gasteiger partial charge < -0.3 is 11.1 Å². The van der Waals surface area contributed by atoms with Crippen molar-refractivity contribution in [3.05, 3.63) is 59.1 Å². The number of hydrogen-bond acceptors (Lipinski definition) is 4. The summed E-state index contributed by atoms with van der Waals surface area (Å²) in [5.41, 5.74) is 9.07. The van der Waals surface area contributed by atoms with Gasteiger partial charge in [-0.15, -0.1) is 0 Å². The minimum Gasteiger partial charge on any atom is -0.339 e. The molecule has 120 valence electrons. The molecular weight excluding hydrogens is 318 g/mol. The molecule has 7 heteroatoms. The summed E-state index contributed by atoms with van der Waals surface area (Å²) >= 11 is 5.96. The van der Waals surface area contributed by atoms with Crippen molar-refractivity contribution in [2.24, 2.45) is 5.73 Å². The number of carbonyl (C=O) groups excluding carboxylic acids is 2. The average Bonchev–Trinajstić information content (AvgIpc) is 2.59. The van der Waals surface area contributed by atoms with Crippen LogP contribution in [0, 0.1) is 0 Å². The number of amides is 2. The van der Waals surface area contributed by atoms with Gasteiger partial charge >= 0.3 is 0 Å². The maximum atomic E-state index is 12.1. The average molecular weight is 334 g/mol. The molecule has 0 aliphatic carbocycles. The Hall–Kier alpha value is -2.41. The van der Waals surface area contributed by atoms with Gasteiger partial charge in [-0.2, -0.15) is 0 Å². The summed E-state index contributed by atoms with van der Waals surface area (Å²) in [5.74, 6) is -1.22. The zero-order valence-electron chi connectivity index (χ0n) is 12.1. The zero-order chi connectivity index (χ0) is 16.8. The van der Waals surface area contributed by atoms with E-state index in [4.69, 9.17) is 22.5 Å². The molecule has 0 heterocycles. The lowest BCUT2D eigenvalue weighted by Gasteiger charge is -2.14. The van der Waals surface area contributed by atoms with E-state index >= 15 is 0 Å². The van der Waals surface area contributed by atoms with Crippen LogP contribution in [0.2, 0.25) is 5.02 Å². The Bertz CT molecular complexity index is 704. The summed E-state index contributed by atoms with van der Waals surface area (Å²) in [7, 11) is 0. The van der Waals surface area contributed by atoms with Crippen LogP contribution in [-0.4, -0.2) is 29.6 Å². The molecule has 0 spiro atoms. The van der Waals surface area contributed by atoms with Crippen molar-refractivity contribution >= 4 is 23.4 Å². The first kappa shape index (κ1) is 17.0. The number of hydrogen-bond donors (Lipinski definition) is 4. The Labute approximate surface area is 138 Å². The van der Waals surface area contributed by atoms with Gasteiger partial charge in [-0.05, 0) is 35.4 Å². The van der Waals surface area contributed by atoms with Crippen LogP contribution in [0.15, 0.2) is 48.5 Å². The summed E-state index contributed by atoms with van der Waals surface area (Å²) in [5, 5.41) is 11.7. The Morgan fingerprint density at radius 3 is 2.39 bits per heavy atom. The maximum absolute atomic E-state index is 12.1. The van der Waals surface area contributed by atoms with Gasteiger partial charge in [-0.25, -0.2) is 5.48 Å². The predicted octanol–water partition coefficient (Wildman–Crippen LogP) is 1.57. The number of halogens is 1. The molecule has 1 atom stereocenters. The molecule has 0 aromatic heterocycles. The number of carbonyl (C=O) groups is 2. The minimum absolute atomic E-state index is 0.126. The Morgan fingerprint density at radius 1 is 1.13 bits per heavy atom. The molecule has 23 heavy (non-hydrogen) atoms. The molecule has 0 fully saturated rings. The van der Waals surface area contributed by atoms with Crippen LogP contribution in [0.5, 0.6) is 0 Å². The highest BCUT2D eigenvalue weighted by Crippen LogP contribution is 2.22. The fourth-order valence-corrected chi connectivity index (χ4v) is 2.22. The monoisotopic (exact) mass is 333 g/mol. The van der Waals surface area contributed by atoms with E-state index in [1.54, 1.807) is 30.3 Å². The van der Waals surface area contributed by atoms with E-state index in [-0.39, 0.29) is 6.54 Å². The molecule has 2 rings (SSSR count). The number of nitrogens with one attached hydrogen (secondary N) is 2. The highest BCUT2D eigenvalue weighted by Gasteiger charge is 2.19. The van der Waals surface area contributed by atoms with Gasteiger partial charge in [0.15, 0.2) is 0 Å². The van der Waals surface area contributed by atoms with E-state index in [9.17, 15) is 9.59 Å². The smallest absolute Gasteiger partial charge is 0.267 e. The summed E-state index contributed by atoms with van der Waals surface area (Å²) in [6, 6.07) is 13.2. The third-order valence-electron chi connectivity index (χ3n) is 3.27. The molecule has 5 N–H and O–H groups in total. The van der Waals surface area contributed by atoms with Crippen LogP contribution in [0.3, 0.4) is 0 Å². The Morgan fingerprint density at radius 2 is 1.83 bits per heavy atom. The molecular formula is C16H16ClN3O3. The van der Waals surface area contributed by atoms with E-state index in [1.807, 2.05) is 18.2 Å². The van der Waals surface area contributed by atoms with E-state index < -0.39 is 17.9 Å². The van der Waals surface area contributed by atoms with Gasteiger partial charge in [0.05, 0.1) is 0 Å². The fourth-order valence-electron chi connectivity index (χ4n) is 2.03. The topological polar surface area (TPSA) is 104 Å². The van der Waals surface area contributed by atoms with Gasteiger partial charge in [0.2, 0.25) is 0 Å². The molecule has 0 radical (unpaired) electrons. The first-order chi connectivity index (χ1) is 11.0. The Kier molecular flexibility index (Phi) is 5.70. The second-order valence-corrected chi connectivity index (χ2v) is 5.26. The molecule has 2 aromatic rings. The third kappa shape index (κ3) is 4.29. The van der Waals surface area contributed by atoms with Gasteiger partial charge in [0.1, 0.15) is 6.04 Å². The molecule has 2 amide bonds. The van der Waals surface area contributed by atoms with Crippen LogP contribution < -0.4 is 16.5 Å². The van der Waals surface area contributed by atoms with Gasteiger partial charge in [-0.1, -0.05) is 35.9 Å². The molecule has 0 unspecified atom stereocenters. The fraction of sp³-hybridized carbons (Fsp3) is 0.125. The van der Waals surface area contributed by atoms with Crippen molar-refractivity contribution in [2.75, 3.05) is 6.54 Å². The van der Waals surface area contributed by atoms with Crippen molar-refractivity contribution in [2.45, 2.75) is 6.04 Å².